The third-order valence-corrected chi connectivity index (χ3v) is 4.24. The summed E-state index contributed by atoms with van der Waals surface area (Å²) in [6.45, 7) is 1.82. The zero-order valence-electron chi connectivity index (χ0n) is 15.0. The molecule has 2 aromatic carbocycles. The van der Waals surface area contributed by atoms with E-state index in [9.17, 15) is 9.59 Å². The number of benzene rings is 2. The minimum atomic E-state index is -1.10. The molecular weight excluding hydrogens is 356 g/mol. The molecule has 0 saturated heterocycles. The van der Waals surface area contributed by atoms with Gasteiger partial charge in [0.2, 0.25) is 5.78 Å². The Hall–Kier alpha value is -3.87. The highest BCUT2D eigenvalue weighted by Gasteiger charge is 2.28. The second kappa shape index (κ2) is 7.40. The number of Topliss-reactive ketones (excluding diaryl/α,β-unsaturated/α-hetero) is 1. The summed E-state index contributed by atoms with van der Waals surface area (Å²) in [5.41, 5.74) is 1.80. The molecule has 2 heterocycles. The first-order valence-electron chi connectivity index (χ1n) is 8.67. The summed E-state index contributed by atoms with van der Waals surface area (Å²) < 4.78 is 7.01. The Morgan fingerprint density at radius 3 is 2.32 bits per heavy atom. The molecule has 138 valence electrons. The van der Waals surface area contributed by atoms with Crippen molar-refractivity contribution in [2.24, 2.45) is 0 Å². The van der Waals surface area contributed by atoms with Gasteiger partial charge in [0.25, 0.3) is 11.6 Å². The molecule has 0 bridgehead atoms. The Morgan fingerprint density at radius 2 is 1.64 bits per heavy atom. The highest BCUT2D eigenvalue weighted by atomic mass is 16.5. The molecule has 0 saturated carbocycles. The molecule has 0 aliphatic heterocycles. The van der Waals surface area contributed by atoms with Gasteiger partial charge in [-0.2, -0.15) is 4.98 Å². The number of esters is 1. The van der Waals surface area contributed by atoms with Gasteiger partial charge in [-0.05, 0) is 13.0 Å². The minimum Gasteiger partial charge on any atom is -0.443 e. The molecule has 0 aliphatic carbocycles. The van der Waals surface area contributed by atoms with Gasteiger partial charge in [0.1, 0.15) is 0 Å². The molecule has 7 nitrogen and oxygen atoms in total. The first kappa shape index (κ1) is 17.5. The summed E-state index contributed by atoms with van der Waals surface area (Å²) in [6, 6.07) is 19.3. The Kier molecular flexibility index (Phi) is 4.63. The predicted molar refractivity (Wildman–Crippen MR) is 101 cm³/mol. The molecule has 7 heteroatoms. The van der Waals surface area contributed by atoms with Crippen molar-refractivity contribution in [3.05, 3.63) is 95.6 Å². The maximum absolute atomic E-state index is 13.0. The Bertz CT molecular complexity index is 1140. The number of aryl methyl sites for hydroxylation is 1. The molecule has 0 unspecified atom stereocenters. The van der Waals surface area contributed by atoms with Crippen molar-refractivity contribution >= 4 is 17.5 Å². The van der Waals surface area contributed by atoms with Gasteiger partial charge in [-0.1, -0.05) is 60.7 Å². The number of hydrogen-bond donors (Lipinski definition) is 0. The minimum absolute atomic E-state index is 0.149. The highest BCUT2D eigenvalue weighted by Crippen LogP contribution is 2.23. The van der Waals surface area contributed by atoms with Crippen LogP contribution in [0.25, 0.3) is 5.78 Å². The van der Waals surface area contributed by atoms with E-state index in [4.69, 9.17) is 4.74 Å². The summed E-state index contributed by atoms with van der Waals surface area (Å²) in [6.07, 6.45) is 0.483. The van der Waals surface area contributed by atoms with Crippen molar-refractivity contribution in [1.82, 2.24) is 19.6 Å². The predicted octanol–water partition coefficient (Wildman–Crippen LogP) is 3.21. The number of carbonyl (C=O) groups is 2. The highest BCUT2D eigenvalue weighted by molar-refractivity contribution is 6.01. The van der Waals surface area contributed by atoms with Gasteiger partial charge >= 0.3 is 5.97 Å². The fourth-order valence-electron chi connectivity index (χ4n) is 2.81. The van der Waals surface area contributed by atoms with Crippen LogP contribution < -0.4 is 0 Å². The Balaban J connectivity index is 1.67. The van der Waals surface area contributed by atoms with Crippen molar-refractivity contribution in [1.29, 1.82) is 0 Å². The molecule has 0 radical (unpaired) electrons. The third-order valence-electron chi connectivity index (χ3n) is 4.24. The normalized spacial score (nSPS) is 11.9. The molecule has 28 heavy (non-hydrogen) atoms. The molecule has 4 aromatic rings. The van der Waals surface area contributed by atoms with Crippen LogP contribution in [-0.4, -0.2) is 31.3 Å². The van der Waals surface area contributed by atoms with Crippen LogP contribution in [-0.2, 0) is 4.74 Å². The van der Waals surface area contributed by atoms with Crippen LogP contribution >= 0.6 is 0 Å². The van der Waals surface area contributed by atoms with E-state index in [1.165, 1.54) is 4.52 Å². The van der Waals surface area contributed by atoms with Gasteiger partial charge in [-0.3, -0.25) is 4.79 Å². The number of ketones is 1. The van der Waals surface area contributed by atoms with Crippen LogP contribution in [0.3, 0.4) is 0 Å². The van der Waals surface area contributed by atoms with Gasteiger partial charge in [-0.15, -0.1) is 5.10 Å². The van der Waals surface area contributed by atoms with Gasteiger partial charge in [0.15, 0.2) is 6.10 Å². The molecule has 0 fully saturated rings. The topological polar surface area (TPSA) is 86.5 Å². The number of nitrogens with zero attached hydrogens (tertiary/aromatic N) is 4. The van der Waals surface area contributed by atoms with Crippen LogP contribution in [0.15, 0.2) is 72.9 Å². The smallest absolute Gasteiger partial charge is 0.379 e. The van der Waals surface area contributed by atoms with Gasteiger partial charge < -0.3 is 4.74 Å². The van der Waals surface area contributed by atoms with E-state index in [1.807, 2.05) is 19.1 Å². The standard InChI is InChI=1S/C21H16N4O3/c1-14-12-13-22-21-23-19(24-25(14)21)20(27)28-18(16-10-6-3-7-11-16)17(26)15-8-4-2-5-9-15/h2-13,18H,1H3/t18-/m0/s1. The molecule has 0 aliphatic rings. The average molecular weight is 372 g/mol. The largest absolute Gasteiger partial charge is 0.443 e. The zero-order chi connectivity index (χ0) is 19.5. The van der Waals surface area contributed by atoms with E-state index in [0.717, 1.165) is 5.69 Å². The molecule has 0 amide bonds. The van der Waals surface area contributed by atoms with Crippen molar-refractivity contribution in [2.45, 2.75) is 13.0 Å². The number of fused-ring (bicyclic) bond motifs is 1. The Morgan fingerprint density at radius 1 is 0.964 bits per heavy atom. The summed E-state index contributed by atoms with van der Waals surface area (Å²) in [5, 5.41) is 4.15. The van der Waals surface area contributed by atoms with Crippen LogP contribution in [0, 0.1) is 6.92 Å². The average Bonchev–Trinajstić information content (AvgIpc) is 3.19. The van der Waals surface area contributed by atoms with Gasteiger partial charge in [0.05, 0.1) is 0 Å². The van der Waals surface area contributed by atoms with E-state index in [-0.39, 0.29) is 17.4 Å². The number of carbonyl (C=O) groups excluding carboxylic acids is 2. The fraction of sp³-hybridized carbons (Fsp3) is 0.0952. The molecule has 2 aromatic heterocycles. The van der Waals surface area contributed by atoms with Gasteiger partial charge in [-0.25, -0.2) is 14.3 Å². The molecule has 4 rings (SSSR count). The number of ether oxygens (including phenoxy) is 1. The number of rotatable bonds is 5. The summed E-state index contributed by atoms with van der Waals surface area (Å²) in [4.78, 5) is 33.9. The van der Waals surface area contributed by atoms with Crippen LogP contribution in [0.2, 0.25) is 0 Å². The van der Waals surface area contributed by atoms with E-state index in [1.54, 1.807) is 60.8 Å². The first-order valence-corrected chi connectivity index (χ1v) is 8.67. The van der Waals surface area contributed by atoms with E-state index < -0.39 is 12.1 Å². The SMILES string of the molecule is Cc1ccnc2nc(C(=O)O[C@H](C(=O)c3ccccc3)c3ccccc3)nn12. The lowest BCUT2D eigenvalue weighted by Gasteiger charge is -2.16. The van der Waals surface area contributed by atoms with E-state index in [2.05, 4.69) is 15.1 Å². The molecular formula is C21H16N4O3. The summed E-state index contributed by atoms with van der Waals surface area (Å²) in [5.74, 6) is -0.970. The van der Waals surface area contributed by atoms with Crippen LogP contribution in [0.5, 0.6) is 0 Å². The quantitative estimate of drug-likeness (QED) is 0.395. The monoisotopic (exact) mass is 372 g/mol. The van der Waals surface area contributed by atoms with E-state index in [0.29, 0.717) is 11.1 Å². The van der Waals surface area contributed by atoms with Crippen molar-refractivity contribution in [3.8, 4) is 0 Å². The molecule has 0 spiro atoms. The maximum Gasteiger partial charge on any atom is 0.379 e. The van der Waals surface area contributed by atoms with Crippen LogP contribution in [0.1, 0.15) is 38.3 Å². The van der Waals surface area contributed by atoms with Crippen molar-refractivity contribution in [3.63, 3.8) is 0 Å². The second-order valence-corrected chi connectivity index (χ2v) is 6.16. The second-order valence-electron chi connectivity index (χ2n) is 6.16. The fourth-order valence-corrected chi connectivity index (χ4v) is 2.81. The van der Waals surface area contributed by atoms with E-state index >= 15 is 0 Å². The lowest BCUT2D eigenvalue weighted by atomic mass is 10.00. The third kappa shape index (κ3) is 3.37. The van der Waals surface area contributed by atoms with Crippen LogP contribution in [0.4, 0.5) is 0 Å². The summed E-state index contributed by atoms with van der Waals surface area (Å²) >= 11 is 0. The molecule has 0 N–H and O–H groups in total. The van der Waals surface area contributed by atoms with Gasteiger partial charge in [0, 0.05) is 23.0 Å². The van der Waals surface area contributed by atoms with Crippen molar-refractivity contribution < 1.29 is 14.3 Å². The Labute approximate surface area is 160 Å². The van der Waals surface area contributed by atoms with Crippen molar-refractivity contribution in [2.75, 3.05) is 0 Å². The lowest BCUT2D eigenvalue weighted by molar-refractivity contribution is 0.0268. The molecule has 1 atom stereocenters. The number of aromatic nitrogens is 4. The summed E-state index contributed by atoms with van der Waals surface area (Å²) in [7, 11) is 0. The number of hydrogen-bond acceptors (Lipinski definition) is 6. The maximum atomic E-state index is 13.0. The lowest BCUT2D eigenvalue weighted by Crippen LogP contribution is -2.21. The first-order chi connectivity index (χ1) is 13.6. The zero-order valence-corrected chi connectivity index (χ0v) is 15.0.